The number of nitrogens with zero attached hydrogens (tertiary/aromatic N) is 1. The van der Waals surface area contributed by atoms with Crippen LogP contribution in [0, 0.1) is 0 Å². The molecule has 0 aromatic heterocycles. The number of carbonyl (C=O) groups excluding carboxylic acids is 1. The molecule has 0 bridgehead atoms. The molecule has 1 unspecified atom stereocenters. The number of hydrogen-bond donors (Lipinski definition) is 3. The number of rotatable bonds is 11. The van der Waals surface area contributed by atoms with Crippen molar-refractivity contribution < 1.29 is 47.1 Å². The van der Waals surface area contributed by atoms with E-state index in [4.69, 9.17) is 25.8 Å². The summed E-state index contributed by atoms with van der Waals surface area (Å²) < 4.78 is 59.3. The fourth-order valence-electron chi connectivity index (χ4n) is 4.96. The van der Waals surface area contributed by atoms with Crippen molar-refractivity contribution in [3.8, 4) is 5.75 Å². The maximum atomic E-state index is 13.6. The molecule has 1 amide bonds. The lowest BCUT2D eigenvalue weighted by Gasteiger charge is -2.44. The highest BCUT2D eigenvalue weighted by Gasteiger charge is 2.51. The molecule has 2 fully saturated rings. The van der Waals surface area contributed by atoms with Gasteiger partial charge in [0.1, 0.15) is 11.9 Å². The lowest BCUT2D eigenvalue weighted by atomic mass is 9.78. The van der Waals surface area contributed by atoms with Crippen LogP contribution in [0.3, 0.4) is 0 Å². The van der Waals surface area contributed by atoms with Gasteiger partial charge in [-0.15, -0.1) is 13.2 Å². The number of aliphatic hydroxyl groups is 2. The molecule has 2 aliphatic rings. The van der Waals surface area contributed by atoms with Crippen LogP contribution in [0.1, 0.15) is 24.0 Å². The van der Waals surface area contributed by atoms with E-state index in [1.807, 2.05) is 0 Å². The van der Waals surface area contributed by atoms with Gasteiger partial charge in [0.2, 0.25) is 0 Å². The fourth-order valence-corrected chi connectivity index (χ4v) is 5.17. The highest BCUT2D eigenvalue weighted by molar-refractivity contribution is 6.30. The molecule has 1 saturated heterocycles. The number of aliphatic hydroxyl groups excluding tert-OH is 2. The van der Waals surface area contributed by atoms with Gasteiger partial charge in [-0.05, 0) is 35.4 Å². The van der Waals surface area contributed by atoms with Crippen LogP contribution >= 0.6 is 11.6 Å². The largest absolute Gasteiger partial charge is 0.573 e. The highest BCUT2D eigenvalue weighted by atomic mass is 35.5. The van der Waals surface area contributed by atoms with Crippen molar-refractivity contribution in [2.75, 3.05) is 39.4 Å². The molecule has 4 rings (SSSR count). The number of morpholine rings is 1. The third kappa shape index (κ3) is 9.27. The van der Waals surface area contributed by atoms with Crippen molar-refractivity contribution in [1.82, 2.24) is 10.2 Å². The van der Waals surface area contributed by atoms with Gasteiger partial charge >= 0.3 is 6.36 Å². The SMILES string of the molecule is O=C(NCCN1CCOCC1)[C@@]1(OCc2cccc(Cl)c2)CC(OCc2cccc(OC(F)(F)F)c2)[C@H](O)[C@H](O)C1. The van der Waals surface area contributed by atoms with E-state index < -0.39 is 41.9 Å². The van der Waals surface area contributed by atoms with E-state index >= 15 is 0 Å². The molecule has 2 aromatic carbocycles. The minimum absolute atomic E-state index is 0.00378. The Labute approximate surface area is 241 Å². The number of alkyl halides is 3. The Morgan fingerprint density at radius 3 is 2.49 bits per heavy atom. The Hall–Kier alpha value is -2.45. The molecule has 1 saturated carbocycles. The highest BCUT2D eigenvalue weighted by Crippen LogP contribution is 2.36. The topological polar surface area (TPSA) is 110 Å². The summed E-state index contributed by atoms with van der Waals surface area (Å²) in [6.45, 7) is 3.48. The Bertz CT molecular complexity index is 1150. The summed E-state index contributed by atoms with van der Waals surface area (Å²) in [4.78, 5) is 15.8. The first kappa shape index (κ1) is 31.5. The molecule has 2 aromatic rings. The predicted octanol–water partition coefficient (Wildman–Crippen LogP) is 3.04. The van der Waals surface area contributed by atoms with Gasteiger partial charge in [-0.25, -0.2) is 0 Å². The van der Waals surface area contributed by atoms with E-state index in [1.165, 1.54) is 18.2 Å². The molecule has 4 atom stereocenters. The lowest BCUT2D eigenvalue weighted by Crippen LogP contribution is -2.61. The summed E-state index contributed by atoms with van der Waals surface area (Å²) in [6, 6.07) is 12.2. The van der Waals surface area contributed by atoms with Crippen molar-refractivity contribution in [1.29, 1.82) is 0 Å². The third-order valence-corrected chi connectivity index (χ3v) is 7.31. The Morgan fingerprint density at radius 1 is 1.07 bits per heavy atom. The van der Waals surface area contributed by atoms with Gasteiger partial charge in [-0.3, -0.25) is 9.69 Å². The summed E-state index contributed by atoms with van der Waals surface area (Å²) in [5.74, 6) is -0.880. The molecule has 1 heterocycles. The average Bonchev–Trinajstić information content (AvgIpc) is 2.93. The van der Waals surface area contributed by atoms with Gasteiger partial charge in [0.15, 0.2) is 5.60 Å². The summed E-state index contributed by atoms with van der Waals surface area (Å²) in [5.41, 5.74) is -0.505. The van der Waals surface area contributed by atoms with Crippen LogP contribution in [0.15, 0.2) is 48.5 Å². The van der Waals surface area contributed by atoms with Crippen molar-refractivity contribution in [2.24, 2.45) is 0 Å². The molecule has 0 radical (unpaired) electrons. The number of amides is 1. The predicted molar refractivity (Wildman–Crippen MR) is 142 cm³/mol. The van der Waals surface area contributed by atoms with E-state index in [9.17, 15) is 28.2 Å². The van der Waals surface area contributed by atoms with Crippen LogP contribution in [0.4, 0.5) is 13.2 Å². The zero-order chi connectivity index (χ0) is 29.5. The second-order valence-electron chi connectivity index (χ2n) is 10.1. The second kappa shape index (κ2) is 14.1. The van der Waals surface area contributed by atoms with E-state index in [0.29, 0.717) is 42.5 Å². The zero-order valence-electron chi connectivity index (χ0n) is 22.3. The third-order valence-electron chi connectivity index (χ3n) is 7.08. The average molecular weight is 603 g/mol. The van der Waals surface area contributed by atoms with Crippen molar-refractivity contribution in [3.63, 3.8) is 0 Å². The van der Waals surface area contributed by atoms with Gasteiger partial charge in [0.25, 0.3) is 5.91 Å². The van der Waals surface area contributed by atoms with E-state index in [-0.39, 0.29) is 26.1 Å². The Kier molecular flexibility index (Phi) is 10.9. The first-order chi connectivity index (χ1) is 19.5. The van der Waals surface area contributed by atoms with Crippen LogP contribution in [0.25, 0.3) is 0 Å². The molecule has 41 heavy (non-hydrogen) atoms. The molecule has 9 nitrogen and oxygen atoms in total. The Balaban J connectivity index is 1.47. The minimum Gasteiger partial charge on any atom is -0.406 e. The summed E-state index contributed by atoms with van der Waals surface area (Å²) in [5, 5.41) is 24.9. The normalized spacial score (nSPS) is 25.6. The molecular weight excluding hydrogens is 569 g/mol. The van der Waals surface area contributed by atoms with Gasteiger partial charge in [0, 0.05) is 44.0 Å². The second-order valence-corrected chi connectivity index (χ2v) is 10.6. The van der Waals surface area contributed by atoms with Crippen LogP contribution in [-0.2, 0) is 32.2 Å². The van der Waals surface area contributed by atoms with Crippen molar-refractivity contribution in [2.45, 2.75) is 56.3 Å². The first-order valence-electron chi connectivity index (χ1n) is 13.3. The van der Waals surface area contributed by atoms with Crippen LogP contribution in [0.2, 0.25) is 5.02 Å². The van der Waals surface area contributed by atoms with Crippen LogP contribution in [-0.4, -0.2) is 90.7 Å². The van der Waals surface area contributed by atoms with Crippen LogP contribution < -0.4 is 10.1 Å². The van der Waals surface area contributed by atoms with E-state index in [1.54, 1.807) is 24.3 Å². The van der Waals surface area contributed by atoms with Crippen molar-refractivity contribution in [3.05, 3.63) is 64.7 Å². The quantitative estimate of drug-likeness (QED) is 0.360. The Morgan fingerprint density at radius 2 is 1.78 bits per heavy atom. The molecule has 1 aliphatic carbocycles. The molecule has 3 N–H and O–H groups in total. The number of hydrogen-bond acceptors (Lipinski definition) is 8. The monoisotopic (exact) mass is 602 g/mol. The number of ether oxygens (including phenoxy) is 4. The standard InChI is InChI=1S/C28H34ClF3N2O7/c29-21-5-1-3-19(13-21)18-40-27(26(37)33-7-8-34-9-11-38-12-10-34)15-23(35)25(36)24(16-27)39-17-20-4-2-6-22(14-20)41-28(30,31)32/h1-6,13-14,23-25,35-36H,7-12,15-18H2,(H,33,37)/t23-,24?,25-,27+/m1/s1. The fraction of sp³-hybridized carbons (Fsp3) is 0.536. The number of nitrogens with one attached hydrogen (secondary N) is 1. The molecule has 1 aliphatic heterocycles. The number of halogens is 4. The summed E-state index contributed by atoms with van der Waals surface area (Å²) >= 11 is 6.10. The molecule has 13 heteroatoms. The zero-order valence-corrected chi connectivity index (χ0v) is 23.1. The number of carbonyl (C=O) groups is 1. The first-order valence-corrected chi connectivity index (χ1v) is 13.7. The van der Waals surface area contributed by atoms with Crippen molar-refractivity contribution >= 4 is 17.5 Å². The minimum atomic E-state index is -4.85. The number of benzene rings is 2. The smallest absolute Gasteiger partial charge is 0.406 e. The molecule has 226 valence electrons. The van der Waals surface area contributed by atoms with Gasteiger partial charge in [-0.2, -0.15) is 0 Å². The maximum absolute atomic E-state index is 13.6. The lowest BCUT2D eigenvalue weighted by molar-refractivity contribution is -0.274. The van der Waals surface area contributed by atoms with Gasteiger partial charge < -0.3 is 34.5 Å². The van der Waals surface area contributed by atoms with E-state index in [0.717, 1.165) is 19.2 Å². The van der Waals surface area contributed by atoms with Gasteiger partial charge in [-0.1, -0.05) is 35.9 Å². The van der Waals surface area contributed by atoms with Crippen LogP contribution in [0.5, 0.6) is 5.75 Å². The maximum Gasteiger partial charge on any atom is 0.573 e. The molecular formula is C28H34ClF3N2O7. The van der Waals surface area contributed by atoms with E-state index in [2.05, 4.69) is 15.0 Å². The summed E-state index contributed by atoms with van der Waals surface area (Å²) in [7, 11) is 0. The summed E-state index contributed by atoms with van der Waals surface area (Å²) in [6.07, 6.45) is -8.92. The molecule has 0 spiro atoms. The van der Waals surface area contributed by atoms with Gasteiger partial charge in [0.05, 0.1) is 38.6 Å².